The van der Waals surface area contributed by atoms with E-state index in [9.17, 15) is 4.79 Å². The number of amides is 1. The first-order valence-electron chi connectivity index (χ1n) is 4.82. The normalized spacial score (nSPS) is 16.3. The highest BCUT2D eigenvalue weighted by molar-refractivity contribution is 9.10. The van der Waals surface area contributed by atoms with E-state index >= 15 is 0 Å². The second-order valence-electron chi connectivity index (χ2n) is 3.94. The third-order valence-corrected chi connectivity index (χ3v) is 3.33. The maximum Gasteiger partial charge on any atom is 0.255 e. The first-order chi connectivity index (χ1) is 7.08. The Morgan fingerprint density at radius 1 is 1.53 bits per heavy atom. The smallest absolute Gasteiger partial charge is 0.255 e. The van der Waals surface area contributed by atoms with Crippen LogP contribution >= 0.6 is 27.5 Å². The van der Waals surface area contributed by atoms with Crippen molar-refractivity contribution in [2.75, 3.05) is 13.1 Å². The Morgan fingerprint density at radius 2 is 2.20 bits per heavy atom. The van der Waals surface area contributed by atoms with Crippen molar-refractivity contribution in [1.82, 2.24) is 4.90 Å². The molecule has 0 saturated carbocycles. The molecule has 1 heterocycles. The lowest BCUT2D eigenvalue weighted by Crippen LogP contribution is -2.48. The number of nitrogens with zero attached hydrogens (tertiary/aromatic N) is 1. The summed E-state index contributed by atoms with van der Waals surface area (Å²) in [5, 5.41) is 0.516. The molecule has 15 heavy (non-hydrogen) atoms. The highest BCUT2D eigenvalue weighted by atomic mass is 79.9. The Labute approximate surface area is 102 Å². The summed E-state index contributed by atoms with van der Waals surface area (Å²) in [6.45, 7) is 3.80. The summed E-state index contributed by atoms with van der Waals surface area (Å²) in [6.07, 6.45) is 0. The zero-order valence-corrected chi connectivity index (χ0v) is 10.7. The summed E-state index contributed by atoms with van der Waals surface area (Å²) >= 11 is 9.32. The van der Waals surface area contributed by atoms with Gasteiger partial charge in [-0.15, -0.1) is 0 Å². The summed E-state index contributed by atoms with van der Waals surface area (Å²) < 4.78 is 0.879. The van der Waals surface area contributed by atoms with Gasteiger partial charge in [-0.3, -0.25) is 4.79 Å². The number of likely N-dealkylation sites (tertiary alicyclic amines) is 1. The lowest BCUT2D eigenvalue weighted by molar-refractivity contribution is 0.0530. The van der Waals surface area contributed by atoms with E-state index in [1.165, 1.54) is 0 Å². The maximum absolute atomic E-state index is 12.0. The average molecular weight is 289 g/mol. The molecule has 0 unspecified atom stereocenters. The fourth-order valence-electron chi connectivity index (χ4n) is 1.70. The van der Waals surface area contributed by atoms with Gasteiger partial charge in [0, 0.05) is 17.6 Å². The van der Waals surface area contributed by atoms with E-state index in [1.807, 2.05) is 11.0 Å². The molecule has 0 spiro atoms. The summed E-state index contributed by atoms with van der Waals surface area (Å²) in [5.74, 6) is 0.638. The zero-order chi connectivity index (χ0) is 11.0. The van der Waals surface area contributed by atoms with Crippen LogP contribution in [0.15, 0.2) is 22.7 Å². The lowest BCUT2D eigenvalue weighted by atomic mass is 10.0. The predicted octanol–water partition coefficient (Wildman–Crippen LogP) is 3.19. The quantitative estimate of drug-likeness (QED) is 0.777. The molecule has 1 amide bonds. The Morgan fingerprint density at radius 3 is 2.80 bits per heavy atom. The summed E-state index contributed by atoms with van der Waals surface area (Å²) in [7, 11) is 0. The van der Waals surface area contributed by atoms with E-state index in [2.05, 4.69) is 22.9 Å². The molecule has 2 nitrogen and oxygen atoms in total. The van der Waals surface area contributed by atoms with Crippen LogP contribution < -0.4 is 0 Å². The number of hydrogen-bond donors (Lipinski definition) is 0. The molecule has 1 aliphatic rings. The fraction of sp³-hybridized carbons (Fsp3) is 0.364. The van der Waals surface area contributed by atoms with Crippen molar-refractivity contribution in [3.63, 3.8) is 0 Å². The van der Waals surface area contributed by atoms with Gasteiger partial charge in [-0.05, 0) is 24.1 Å². The number of benzene rings is 1. The van der Waals surface area contributed by atoms with Crippen molar-refractivity contribution in [2.45, 2.75) is 6.92 Å². The van der Waals surface area contributed by atoms with Gasteiger partial charge in [0.2, 0.25) is 0 Å². The molecule has 0 radical (unpaired) electrons. The molecule has 1 aromatic rings. The van der Waals surface area contributed by atoms with Gasteiger partial charge in [0.05, 0.1) is 10.6 Å². The lowest BCUT2D eigenvalue weighted by Gasteiger charge is -2.37. The molecule has 1 fully saturated rings. The van der Waals surface area contributed by atoms with Gasteiger partial charge < -0.3 is 4.90 Å². The molecule has 0 bridgehead atoms. The number of rotatable bonds is 1. The van der Waals surface area contributed by atoms with Gasteiger partial charge in [-0.2, -0.15) is 0 Å². The summed E-state index contributed by atoms with van der Waals surface area (Å²) in [6, 6.07) is 5.34. The van der Waals surface area contributed by atoms with Crippen molar-refractivity contribution in [2.24, 2.45) is 5.92 Å². The molecule has 0 N–H and O–H groups in total. The number of halogens is 2. The largest absolute Gasteiger partial charge is 0.338 e. The second kappa shape index (κ2) is 4.14. The number of carbonyl (C=O) groups is 1. The maximum atomic E-state index is 12.0. The number of carbonyl (C=O) groups excluding carboxylic acids is 1. The molecule has 1 aromatic carbocycles. The minimum atomic E-state index is 0.0272. The first kappa shape index (κ1) is 11.0. The Bertz CT molecular complexity index is 402. The first-order valence-corrected chi connectivity index (χ1v) is 5.99. The molecular formula is C11H11BrClNO. The van der Waals surface area contributed by atoms with Crippen LogP contribution in [0.25, 0.3) is 0 Å². The van der Waals surface area contributed by atoms with Crippen molar-refractivity contribution in [3.05, 3.63) is 33.3 Å². The van der Waals surface area contributed by atoms with E-state index in [-0.39, 0.29) is 5.91 Å². The van der Waals surface area contributed by atoms with Crippen LogP contribution in [0, 0.1) is 5.92 Å². The van der Waals surface area contributed by atoms with E-state index in [0.29, 0.717) is 16.5 Å². The summed E-state index contributed by atoms with van der Waals surface area (Å²) in [5.41, 5.74) is 0.581. The van der Waals surface area contributed by atoms with Crippen LogP contribution in [-0.4, -0.2) is 23.9 Å². The van der Waals surface area contributed by atoms with Crippen LogP contribution in [0.1, 0.15) is 17.3 Å². The molecule has 1 saturated heterocycles. The van der Waals surface area contributed by atoms with Crippen molar-refractivity contribution >= 4 is 33.4 Å². The van der Waals surface area contributed by atoms with Gasteiger partial charge >= 0.3 is 0 Å². The second-order valence-corrected chi connectivity index (χ2v) is 5.26. The molecule has 0 aromatic heterocycles. The van der Waals surface area contributed by atoms with E-state index < -0.39 is 0 Å². The van der Waals surface area contributed by atoms with E-state index in [1.54, 1.807) is 12.1 Å². The summed E-state index contributed by atoms with van der Waals surface area (Å²) in [4.78, 5) is 13.8. The van der Waals surface area contributed by atoms with Crippen LogP contribution in [0.5, 0.6) is 0 Å². The number of hydrogen-bond acceptors (Lipinski definition) is 1. The Kier molecular flexibility index (Phi) is 3.03. The van der Waals surface area contributed by atoms with Gasteiger partial charge in [0.25, 0.3) is 5.91 Å². The highest BCUT2D eigenvalue weighted by Gasteiger charge is 2.28. The van der Waals surface area contributed by atoms with Gasteiger partial charge in [-0.25, -0.2) is 0 Å². The van der Waals surface area contributed by atoms with Crippen molar-refractivity contribution in [3.8, 4) is 0 Å². The van der Waals surface area contributed by atoms with Gasteiger partial charge in [0.15, 0.2) is 0 Å². The average Bonchev–Trinajstić information content (AvgIpc) is 2.16. The molecule has 80 valence electrons. The monoisotopic (exact) mass is 287 g/mol. The minimum absolute atomic E-state index is 0.0272. The molecular weight excluding hydrogens is 277 g/mol. The third-order valence-electron chi connectivity index (χ3n) is 2.51. The standard InChI is InChI=1S/C11H11BrClNO/c1-7-5-14(6-7)11(15)9-4-8(12)2-3-10(9)13/h2-4,7H,5-6H2,1H3. The molecule has 1 aliphatic heterocycles. The SMILES string of the molecule is CC1CN(C(=O)c2cc(Br)ccc2Cl)C1. The van der Waals surface area contributed by atoms with Crippen LogP contribution in [0.4, 0.5) is 0 Å². The zero-order valence-electron chi connectivity index (χ0n) is 8.34. The Balaban J connectivity index is 2.22. The van der Waals surface area contributed by atoms with Gasteiger partial charge in [-0.1, -0.05) is 34.5 Å². The van der Waals surface area contributed by atoms with Crippen LogP contribution in [0.2, 0.25) is 5.02 Å². The third kappa shape index (κ3) is 2.18. The minimum Gasteiger partial charge on any atom is -0.338 e. The highest BCUT2D eigenvalue weighted by Crippen LogP contribution is 2.25. The van der Waals surface area contributed by atoms with E-state index in [0.717, 1.165) is 17.6 Å². The predicted molar refractivity (Wildman–Crippen MR) is 64.2 cm³/mol. The van der Waals surface area contributed by atoms with E-state index in [4.69, 9.17) is 11.6 Å². The molecule has 0 atom stereocenters. The molecule has 4 heteroatoms. The molecule has 2 rings (SSSR count). The topological polar surface area (TPSA) is 20.3 Å². The fourth-order valence-corrected chi connectivity index (χ4v) is 2.26. The van der Waals surface area contributed by atoms with Crippen LogP contribution in [-0.2, 0) is 0 Å². The molecule has 0 aliphatic carbocycles. The van der Waals surface area contributed by atoms with Crippen LogP contribution in [0.3, 0.4) is 0 Å². The van der Waals surface area contributed by atoms with Gasteiger partial charge in [0.1, 0.15) is 0 Å². The Hall–Kier alpha value is -0.540. The van der Waals surface area contributed by atoms with Crippen molar-refractivity contribution < 1.29 is 4.79 Å². The van der Waals surface area contributed by atoms with Crippen molar-refractivity contribution in [1.29, 1.82) is 0 Å².